The highest BCUT2D eigenvalue weighted by Crippen LogP contribution is 2.10. The van der Waals surface area contributed by atoms with Gasteiger partial charge in [0.05, 0.1) is 6.61 Å². The summed E-state index contributed by atoms with van der Waals surface area (Å²) in [5.74, 6) is 0. The van der Waals surface area contributed by atoms with Crippen molar-refractivity contribution in [2.75, 3.05) is 0 Å². The lowest BCUT2D eigenvalue weighted by Gasteiger charge is -2.04. The zero-order valence-electron chi connectivity index (χ0n) is 7.43. The average molecular weight is 224 g/mol. The topological polar surface area (TPSA) is 46.2 Å². The monoisotopic (exact) mass is 223 g/mol. The highest BCUT2D eigenvalue weighted by Gasteiger charge is 1.97. The first kappa shape index (κ1) is 15.2. The van der Waals surface area contributed by atoms with Crippen molar-refractivity contribution < 1.29 is 5.11 Å². The summed E-state index contributed by atoms with van der Waals surface area (Å²) in [5.41, 5.74) is 7.67. The standard InChI is InChI=1S/C9H13NO.2ClH/c1-7(10)9-4-2-8(6-11)3-5-9;;/h2-5,7,11H,6,10H2,1H3;2*1H. The first-order valence-electron chi connectivity index (χ1n) is 3.69. The molecule has 1 atom stereocenters. The highest BCUT2D eigenvalue weighted by molar-refractivity contribution is 5.85. The van der Waals surface area contributed by atoms with Gasteiger partial charge in [-0.1, -0.05) is 24.3 Å². The second-order valence-corrected chi connectivity index (χ2v) is 2.69. The molecule has 3 N–H and O–H groups in total. The summed E-state index contributed by atoms with van der Waals surface area (Å²) in [4.78, 5) is 0. The third-order valence-corrected chi connectivity index (χ3v) is 1.69. The first-order chi connectivity index (χ1) is 5.24. The van der Waals surface area contributed by atoms with E-state index < -0.39 is 0 Å². The number of rotatable bonds is 2. The summed E-state index contributed by atoms with van der Waals surface area (Å²) in [6.45, 7) is 2.03. The van der Waals surface area contributed by atoms with Gasteiger partial charge in [-0.25, -0.2) is 0 Å². The van der Waals surface area contributed by atoms with Crippen LogP contribution in [0.15, 0.2) is 24.3 Å². The van der Waals surface area contributed by atoms with E-state index in [1.807, 2.05) is 31.2 Å². The van der Waals surface area contributed by atoms with Gasteiger partial charge in [0.15, 0.2) is 0 Å². The van der Waals surface area contributed by atoms with Crippen molar-refractivity contribution in [3.8, 4) is 0 Å². The molecule has 2 nitrogen and oxygen atoms in total. The molecule has 0 aliphatic heterocycles. The Morgan fingerprint density at radius 1 is 1.23 bits per heavy atom. The second kappa shape index (κ2) is 7.15. The predicted octanol–water partition coefficient (Wildman–Crippen LogP) is 2.04. The molecule has 1 aromatic rings. The molecular weight excluding hydrogens is 209 g/mol. The molecule has 1 rings (SSSR count). The van der Waals surface area contributed by atoms with Crippen molar-refractivity contribution in [3.05, 3.63) is 35.4 Å². The predicted molar refractivity (Wildman–Crippen MR) is 59.5 cm³/mol. The van der Waals surface area contributed by atoms with Crippen LogP contribution in [-0.2, 0) is 6.61 Å². The molecular formula is C9H15Cl2NO. The fourth-order valence-electron chi connectivity index (χ4n) is 0.927. The Balaban J connectivity index is 0. The van der Waals surface area contributed by atoms with Crippen LogP contribution in [0.2, 0.25) is 0 Å². The molecule has 0 aliphatic carbocycles. The minimum absolute atomic E-state index is 0. The summed E-state index contributed by atoms with van der Waals surface area (Å²) >= 11 is 0. The van der Waals surface area contributed by atoms with Crippen molar-refractivity contribution in [2.24, 2.45) is 5.73 Å². The molecule has 0 heterocycles. The van der Waals surface area contributed by atoms with Gasteiger partial charge in [-0.3, -0.25) is 0 Å². The maximum absolute atomic E-state index is 8.74. The molecule has 1 unspecified atom stereocenters. The summed E-state index contributed by atoms with van der Waals surface area (Å²) in [5, 5.41) is 8.74. The minimum Gasteiger partial charge on any atom is -0.392 e. The molecule has 0 spiro atoms. The maximum atomic E-state index is 8.74. The molecule has 0 aromatic heterocycles. The van der Waals surface area contributed by atoms with E-state index in [0.29, 0.717) is 0 Å². The Bertz CT molecular complexity index is 224. The quantitative estimate of drug-likeness (QED) is 0.807. The molecule has 0 saturated heterocycles. The number of aliphatic hydroxyl groups is 1. The number of hydrogen-bond donors (Lipinski definition) is 2. The van der Waals surface area contributed by atoms with Gasteiger partial charge in [0, 0.05) is 6.04 Å². The summed E-state index contributed by atoms with van der Waals surface area (Å²) in [6.07, 6.45) is 0. The normalized spacial score (nSPS) is 11.0. The van der Waals surface area contributed by atoms with Crippen LogP contribution in [0.5, 0.6) is 0 Å². The van der Waals surface area contributed by atoms with Crippen LogP contribution in [0.1, 0.15) is 24.1 Å². The van der Waals surface area contributed by atoms with E-state index >= 15 is 0 Å². The van der Waals surface area contributed by atoms with Crippen LogP contribution in [0, 0.1) is 0 Å². The van der Waals surface area contributed by atoms with Crippen LogP contribution in [0.3, 0.4) is 0 Å². The van der Waals surface area contributed by atoms with Crippen molar-refractivity contribution in [1.82, 2.24) is 0 Å². The molecule has 0 radical (unpaired) electrons. The van der Waals surface area contributed by atoms with E-state index in [0.717, 1.165) is 11.1 Å². The van der Waals surface area contributed by atoms with Gasteiger partial charge < -0.3 is 10.8 Å². The average Bonchev–Trinajstić information content (AvgIpc) is 2.05. The summed E-state index contributed by atoms with van der Waals surface area (Å²) in [7, 11) is 0. The second-order valence-electron chi connectivity index (χ2n) is 2.69. The third kappa shape index (κ3) is 4.48. The first-order valence-corrected chi connectivity index (χ1v) is 3.69. The molecule has 1 aromatic carbocycles. The Morgan fingerprint density at radius 3 is 2.00 bits per heavy atom. The third-order valence-electron chi connectivity index (χ3n) is 1.69. The summed E-state index contributed by atoms with van der Waals surface area (Å²) < 4.78 is 0. The number of aliphatic hydroxyl groups excluding tert-OH is 1. The van der Waals surface area contributed by atoms with E-state index in [2.05, 4.69) is 0 Å². The van der Waals surface area contributed by atoms with Gasteiger partial charge in [0.1, 0.15) is 0 Å². The molecule has 0 amide bonds. The molecule has 0 fully saturated rings. The Morgan fingerprint density at radius 2 is 1.69 bits per heavy atom. The van der Waals surface area contributed by atoms with Gasteiger partial charge in [0.25, 0.3) is 0 Å². The lowest BCUT2D eigenvalue weighted by Crippen LogP contribution is -2.04. The van der Waals surface area contributed by atoms with E-state index in [1.165, 1.54) is 0 Å². The lowest BCUT2D eigenvalue weighted by molar-refractivity contribution is 0.282. The van der Waals surface area contributed by atoms with E-state index in [1.54, 1.807) is 0 Å². The SMILES string of the molecule is CC(N)c1ccc(CO)cc1.Cl.Cl. The molecule has 0 bridgehead atoms. The van der Waals surface area contributed by atoms with E-state index in [-0.39, 0.29) is 37.5 Å². The Kier molecular flexibility index (Phi) is 8.37. The van der Waals surface area contributed by atoms with Crippen molar-refractivity contribution in [3.63, 3.8) is 0 Å². The fourth-order valence-corrected chi connectivity index (χ4v) is 0.927. The van der Waals surface area contributed by atoms with E-state index in [4.69, 9.17) is 10.8 Å². The fraction of sp³-hybridized carbons (Fsp3) is 0.333. The molecule has 76 valence electrons. The van der Waals surface area contributed by atoms with Crippen LogP contribution in [0.4, 0.5) is 0 Å². The highest BCUT2D eigenvalue weighted by atomic mass is 35.5. The number of nitrogens with two attached hydrogens (primary N) is 1. The van der Waals surface area contributed by atoms with Crippen LogP contribution in [0.25, 0.3) is 0 Å². The molecule has 13 heavy (non-hydrogen) atoms. The van der Waals surface area contributed by atoms with Gasteiger partial charge in [0.2, 0.25) is 0 Å². The number of hydrogen-bond acceptors (Lipinski definition) is 2. The lowest BCUT2D eigenvalue weighted by atomic mass is 10.1. The van der Waals surface area contributed by atoms with Gasteiger partial charge in [-0.2, -0.15) is 0 Å². The zero-order valence-corrected chi connectivity index (χ0v) is 9.07. The van der Waals surface area contributed by atoms with Gasteiger partial charge in [-0.15, -0.1) is 24.8 Å². The number of halogens is 2. The Hall–Kier alpha value is -0.280. The molecule has 0 aliphatic rings. The van der Waals surface area contributed by atoms with Crippen molar-refractivity contribution >= 4 is 24.8 Å². The molecule has 0 saturated carbocycles. The summed E-state index contributed by atoms with van der Waals surface area (Å²) in [6, 6.07) is 7.73. The van der Waals surface area contributed by atoms with Gasteiger partial charge >= 0.3 is 0 Å². The van der Waals surface area contributed by atoms with Crippen LogP contribution >= 0.6 is 24.8 Å². The zero-order chi connectivity index (χ0) is 8.27. The van der Waals surface area contributed by atoms with Gasteiger partial charge in [-0.05, 0) is 18.1 Å². The Labute approximate surface area is 91.0 Å². The largest absolute Gasteiger partial charge is 0.392 e. The van der Waals surface area contributed by atoms with E-state index in [9.17, 15) is 0 Å². The number of benzene rings is 1. The van der Waals surface area contributed by atoms with Crippen LogP contribution < -0.4 is 5.73 Å². The minimum atomic E-state index is 0. The van der Waals surface area contributed by atoms with Crippen molar-refractivity contribution in [2.45, 2.75) is 19.6 Å². The van der Waals surface area contributed by atoms with Crippen molar-refractivity contribution in [1.29, 1.82) is 0 Å². The van der Waals surface area contributed by atoms with Crippen LogP contribution in [-0.4, -0.2) is 5.11 Å². The smallest absolute Gasteiger partial charge is 0.0681 e. The molecule has 4 heteroatoms. The maximum Gasteiger partial charge on any atom is 0.0681 e.